The fraction of sp³-hybridized carbons (Fsp3) is 0.667. The van der Waals surface area contributed by atoms with Crippen LogP contribution in [-0.4, -0.2) is 4.98 Å². The third-order valence-electron chi connectivity index (χ3n) is 2.96. The first-order valence-corrected chi connectivity index (χ1v) is 6.05. The quantitative estimate of drug-likeness (QED) is 0.674. The molecular weight excluding hydrogens is 194 g/mol. The number of pyridine rings is 1. The van der Waals surface area contributed by atoms with Crippen LogP contribution in [0.5, 0.6) is 0 Å². The summed E-state index contributed by atoms with van der Waals surface area (Å²) >= 11 is 0. The standard InChI is InChI=1S/C15H25N/c1-11-8-9-16-12(10-11)13(14(2,3)4)15(5,6)7/h8-10,13H,1-7H3. The van der Waals surface area contributed by atoms with Crippen LogP contribution in [0.15, 0.2) is 18.3 Å². The third-order valence-corrected chi connectivity index (χ3v) is 2.96. The Balaban J connectivity index is 3.23. The van der Waals surface area contributed by atoms with Gasteiger partial charge in [-0.15, -0.1) is 0 Å². The number of hydrogen-bond acceptors (Lipinski definition) is 1. The molecule has 0 aliphatic rings. The van der Waals surface area contributed by atoms with Crippen LogP contribution in [0.3, 0.4) is 0 Å². The van der Waals surface area contributed by atoms with E-state index in [0.29, 0.717) is 5.92 Å². The molecule has 1 nitrogen and oxygen atoms in total. The summed E-state index contributed by atoms with van der Waals surface area (Å²) in [5.74, 6) is 0.472. The summed E-state index contributed by atoms with van der Waals surface area (Å²) in [6.45, 7) is 15.9. The van der Waals surface area contributed by atoms with Crippen molar-refractivity contribution in [2.45, 2.75) is 54.4 Å². The van der Waals surface area contributed by atoms with E-state index in [2.05, 4.69) is 65.6 Å². The minimum Gasteiger partial charge on any atom is -0.261 e. The van der Waals surface area contributed by atoms with Gasteiger partial charge >= 0.3 is 0 Å². The monoisotopic (exact) mass is 219 g/mol. The highest BCUT2D eigenvalue weighted by molar-refractivity contribution is 5.21. The first-order valence-electron chi connectivity index (χ1n) is 6.05. The predicted molar refractivity (Wildman–Crippen MR) is 70.6 cm³/mol. The summed E-state index contributed by atoms with van der Waals surface area (Å²) in [5, 5.41) is 0. The maximum absolute atomic E-state index is 4.57. The second-order valence-corrected chi connectivity index (χ2v) is 6.92. The molecule has 0 saturated heterocycles. The zero-order valence-electron chi connectivity index (χ0n) is 11.8. The molecule has 0 bridgehead atoms. The number of hydrogen-bond donors (Lipinski definition) is 0. The molecular formula is C15H25N. The van der Waals surface area contributed by atoms with Gasteiger partial charge in [0.25, 0.3) is 0 Å². The van der Waals surface area contributed by atoms with E-state index in [1.807, 2.05) is 6.20 Å². The van der Waals surface area contributed by atoms with Crippen LogP contribution < -0.4 is 0 Å². The van der Waals surface area contributed by atoms with Crippen molar-refractivity contribution in [2.75, 3.05) is 0 Å². The minimum absolute atomic E-state index is 0.235. The van der Waals surface area contributed by atoms with Gasteiger partial charge in [-0.1, -0.05) is 41.5 Å². The number of aryl methyl sites for hydroxylation is 1. The summed E-state index contributed by atoms with van der Waals surface area (Å²) in [6, 6.07) is 4.28. The van der Waals surface area contributed by atoms with Gasteiger partial charge in [-0.05, 0) is 35.4 Å². The maximum atomic E-state index is 4.57. The number of rotatable bonds is 1. The molecule has 0 fully saturated rings. The smallest absolute Gasteiger partial charge is 0.0447 e. The van der Waals surface area contributed by atoms with E-state index < -0.39 is 0 Å². The van der Waals surface area contributed by atoms with E-state index in [9.17, 15) is 0 Å². The van der Waals surface area contributed by atoms with Crippen LogP contribution in [0.4, 0.5) is 0 Å². The molecule has 0 saturated carbocycles. The van der Waals surface area contributed by atoms with E-state index in [1.54, 1.807) is 0 Å². The Morgan fingerprint density at radius 2 is 1.50 bits per heavy atom. The van der Waals surface area contributed by atoms with Gasteiger partial charge in [-0.25, -0.2) is 0 Å². The van der Waals surface area contributed by atoms with Gasteiger partial charge in [0.1, 0.15) is 0 Å². The molecule has 1 heterocycles. The van der Waals surface area contributed by atoms with E-state index >= 15 is 0 Å². The van der Waals surface area contributed by atoms with Crippen LogP contribution in [0.2, 0.25) is 0 Å². The summed E-state index contributed by atoms with van der Waals surface area (Å²) in [5.41, 5.74) is 2.99. The van der Waals surface area contributed by atoms with Gasteiger partial charge in [-0.3, -0.25) is 4.98 Å². The van der Waals surface area contributed by atoms with E-state index in [-0.39, 0.29) is 10.8 Å². The van der Waals surface area contributed by atoms with Crippen molar-refractivity contribution in [1.29, 1.82) is 0 Å². The Labute approximate surface area is 100 Å². The van der Waals surface area contributed by atoms with Gasteiger partial charge in [0, 0.05) is 17.8 Å². The lowest BCUT2D eigenvalue weighted by molar-refractivity contribution is 0.172. The molecule has 0 N–H and O–H groups in total. The second kappa shape index (κ2) is 4.20. The molecule has 90 valence electrons. The second-order valence-electron chi connectivity index (χ2n) is 6.92. The molecule has 0 spiro atoms. The topological polar surface area (TPSA) is 12.9 Å². The predicted octanol–water partition coefficient (Wildman–Crippen LogP) is 4.57. The van der Waals surface area contributed by atoms with Crippen molar-refractivity contribution in [3.63, 3.8) is 0 Å². The molecule has 1 heteroatoms. The average molecular weight is 219 g/mol. The van der Waals surface area contributed by atoms with Crippen LogP contribution in [-0.2, 0) is 0 Å². The van der Waals surface area contributed by atoms with E-state index in [0.717, 1.165) is 0 Å². The van der Waals surface area contributed by atoms with Crippen LogP contribution >= 0.6 is 0 Å². The van der Waals surface area contributed by atoms with E-state index in [4.69, 9.17) is 0 Å². The Hall–Kier alpha value is -0.850. The van der Waals surface area contributed by atoms with Gasteiger partial charge < -0.3 is 0 Å². The number of nitrogens with zero attached hydrogens (tertiary/aromatic N) is 1. The van der Waals surface area contributed by atoms with Crippen molar-refractivity contribution in [1.82, 2.24) is 4.98 Å². The Kier molecular flexibility index (Phi) is 3.47. The third kappa shape index (κ3) is 3.07. The van der Waals surface area contributed by atoms with Crippen molar-refractivity contribution in [3.05, 3.63) is 29.6 Å². The molecule has 1 rings (SSSR count). The van der Waals surface area contributed by atoms with Gasteiger partial charge in [0.15, 0.2) is 0 Å². The van der Waals surface area contributed by atoms with Crippen LogP contribution in [0.25, 0.3) is 0 Å². The normalized spacial score (nSPS) is 13.2. The summed E-state index contributed by atoms with van der Waals surface area (Å²) < 4.78 is 0. The zero-order chi connectivity index (χ0) is 12.6. The largest absolute Gasteiger partial charge is 0.261 e. The Morgan fingerprint density at radius 3 is 1.88 bits per heavy atom. The van der Waals surface area contributed by atoms with Crippen LogP contribution in [0.1, 0.15) is 58.7 Å². The summed E-state index contributed by atoms with van der Waals surface area (Å²) in [7, 11) is 0. The van der Waals surface area contributed by atoms with Crippen molar-refractivity contribution >= 4 is 0 Å². The lowest BCUT2D eigenvalue weighted by atomic mass is 9.65. The molecule has 1 aromatic heterocycles. The molecule has 0 aliphatic carbocycles. The molecule has 0 radical (unpaired) electrons. The molecule has 0 amide bonds. The average Bonchev–Trinajstić information content (AvgIpc) is 1.97. The lowest BCUT2D eigenvalue weighted by Crippen LogP contribution is -2.31. The lowest BCUT2D eigenvalue weighted by Gasteiger charge is -2.40. The molecule has 0 aliphatic heterocycles. The summed E-state index contributed by atoms with van der Waals surface area (Å²) in [4.78, 5) is 4.57. The fourth-order valence-electron chi connectivity index (χ4n) is 2.90. The minimum atomic E-state index is 0.235. The highest BCUT2D eigenvalue weighted by Gasteiger charge is 2.36. The fourth-order valence-corrected chi connectivity index (χ4v) is 2.90. The molecule has 16 heavy (non-hydrogen) atoms. The maximum Gasteiger partial charge on any atom is 0.0447 e. The van der Waals surface area contributed by atoms with Gasteiger partial charge in [-0.2, -0.15) is 0 Å². The van der Waals surface area contributed by atoms with Gasteiger partial charge in [0.2, 0.25) is 0 Å². The van der Waals surface area contributed by atoms with Crippen molar-refractivity contribution in [2.24, 2.45) is 10.8 Å². The molecule has 1 aromatic rings. The highest BCUT2D eigenvalue weighted by atomic mass is 14.7. The highest BCUT2D eigenvalue weighted by Crippen LogP contribution is 2.46. The van der Waals surface area contributed by atoms with Gasteiger partial charge in [0.05, 0.1) is 0 Å². The Bertz CT molecular complexity index is 338. The summed E-state index contributed by atoms with van der Waals surface area (Å²) in [6.07, 6.45) is 1.93. The zero-order valence-corrected chi connectivity index (χ0v) is 11.8. The van der Waals surface area contributed by atoms with Crippen molar-refractivity contribution < 1.29 is 0 Å². The van der Waals surface area contributed by atoms with Crippen molar-refractivity contribution in [3.8, 4) is 0 Å². The SMILES string of the molecule is Cc1ccnc(C(C(C)(C)C)C(C)(C)C)c1. The Morgan fingerprint density at radius 1 is 1.00 bits per heavy atom. The molecule has 0 unspecified atom stereocenters. The molecule has 0 aromatic carbocycles. The van der Waals surface area contributed by atoms with E-state index in [1.165, 1.54) is 11.3 Å². The molecule has 0 atom stereocenters. The van der Waals surface area contributed by atoms with Crippen LogP contribution in [0, 0.1) is 17.8 Å². The first kappa shape index (κ1) is 13.2. The number of aromatic nitrogens is 1. The first-order chi connectivity index (χ1) is 7.12.